The highest BCUT2D eigenvalue weighted by Gasteiger charge is 2.39. The molecule has 0 bridgehead atoms. The zero-order chi connectivity index (χ0) is 21.3. The fourth-order valence-electron chi connectivity index (χ4n) is 3.68. The number of hydrogen-bond donors (Lipinski definition) is 0. The number of hydrogen-bond acceptors (Lipinski definition) is 4. The highest BCUT2D eigenvalue weighted by molar-refractivity contribution is 6.21. The molecule has 1 unspecified atom stereocenters. The Labute approximate surface area is 168 Å². The first-order chi connectivity index (χ1) is 13.7. The third-order valence-electron chi connectivity index (χ3n) is 5.19. The van der Waals surface area contributed by atoms with Crippen molar-refractivity contribution in [2.24, 2.45) is 0 Å². The maximum Gasteiger partial charge on any atom is 0.274 e. The van der Waals surface area contributed by atoms with Gasteiger partial charge in [0.1, 0.15) is 11.5 Å². The van der Waals surface area contributed by atoms with E-state index in [4.69, 9.17) is 9.47 Å². The molecule has 1 atom stereocenters. The number of benzene rings is 2. The Morgan fingerprint density at radius 2 is 1.55 bits per heavy atom. The van der Waals surface area contributed by atoms with Crippen LogP contribution in [0.3, 0.4) is 0 Å². The van der Waals surface area contributed by atoms with Crippen LogP contribution >= 0.6 is 0 Å². The number of rotatable bonds is 7. The molecule has 2 amide bonds. The van der Waals surface area contributed by atoms with Gasteiger partial charge in [0, 0.05) is 13.0 Å². The molecule has 0 saturated carbocycles. The maximum atomic E-state index is 13.9. The van der Waals surface area contributed by atoms with E-state index in [2.05, 4.69) is 0 Å². The zero-order valence-corrected chi connectivity index (χ0v) is 16.8. The van der Waals surface area contributed by atoms with Crippen LogP contribution in [0.5, 0.6) is 11.5 Å². The minimum atomic E-state index is -3.11. The lowest BCUT2D eigenvalue weighted by Gasteiger charge is -2.26. The quantitative estimate of drug-likeness (QED) is 0.642. The summed E-state index contributed by atoms with van der Waals surface area (Å²) in [5.74, 6) is -3.51. The third kappa shape index (κ3) is 3.69. The average Bonchev–Trinajstić information content (AvgIpc) is 2.95. The Kier molecular flexibility index (Phi) is 5.59. The summed E-state index contributed by atoms with van der Waals surface area (Å²) in [6, 6.07) is 8.98. The van der Waals surface area contributed by atoms with Crippen molar-refractivity contribution in [3.05, 3.63) is 58.7 Å². The largest absolute Gasteiger partial charge is 0.496 e. The van der Waals surface area contributed by atoms with Gasteiger partial charge in [0.2, 0.25) is 0 Å². The van der Waals surface area contributed by atoms with E-state index in [1.54, 1.807) is 24.3 Å². The van der Waals surface area contributed by atoms with E-state index in [9.17, 15) is 18.4 Å². The molecule has 0 radical (unpaired) electrons. The normalized spacial score (nSPS) is 14.8. The van der Waals surface area contributed by atoms with Crippen LogP contribution in [0.15, 0.2) is 36.4 Å². The predicted molar refractivity (Wildman–Crippen MR) is 104 cm³/mol. The van der Waals surface area contributed by atoms with Crippen molar-refractivity contribution in [3.63, 3.8) is 0 Å². The second-order valence-electron chi connectivity index (χ2n) is 7.04. The van der Waals surface area contributed by atoms with Gasteiger partial charge in [-0.05, 0) is 42.7 Å². The van der Waals surface area contributed by atoms with Crippen LogP contribution in [0.1, 0.15) is 52.1 Å². The number of halogens is 2. The summed E-state index contributed by atoms with van der Waals surface area (Å²) in [5, 5.41) is 0. The van der Waals surface area contributed by atoms with Gasteiger partial charge in [0.15, 0.2) is 0 Å². The van der Waals surface area contributed by atoms with Crippen LogP contribution in [0.25, 0.3) is 0 Å². The standard InChI is InChI=1S/C22H23F2NO4/c1-5-14(25-20(26)15-8-6-7-9-16(15)21(25)27)10-13-11-19(29-4)17(22(2,23)24)12-18(13)28-3/h6-9,11-12,14H,5,10H2,1-4H3. The van der Waals surface area contributed by atoms with Gasteiger partial charge in [-0.25, -0.2) is 8.78 Å². The summed E-state index contributed by atoms with van der Waals surface area (Å²) in [5.41, 5.74) is 1.05. The zero-order valence-electron chi connectivity index (χ0n) is 16.8. The fraction of sp³-hybridized carbons (Fsp3) is 0.364. The summed E-state index contributed by atoms with van der Waals surface area (Å²) in [7, 11) is 2.72. The number of fused-ring (bicyclic) bond motifs is 1. The van der Waals surface area contributed by atoms with Gasteiger partial charge in [0.05, 0.1) is 30.9 Å². The number of ether oxygens (including phenoxy) is 2. The lowest BCUT2D eigenvalue weighted by Crippen LogP contribution is -2.40. The number of methoxy groups -OCH3 is 2. The summed E-state index contributed by atoms with van der Waals surface area (Å²) in [4.78, 5) is 26.9. The fourth-order valence-corrected chi connectivity index (χ4v) is 3.68. The molecule has 5 nitrogen and oxygen atoms in total. The van der Waals surface area contributed by atoms with Gasteiger partial charge in [-0.2, -0.15) is 0 Å². The lowest BCUT2D eigenvalue weighted by molar-refractivity contribution is 0.0148. The first kappa shape index (κ1) is 20.8. The minimum absolute atomic E-state index is 0.0329. The molecule has 7 heteroatoms. The molecule has 0 aliphatic carbocycles. The number of alkyl halides is 2. The van der Waals surface area contributed by atoms with Crippen molar-refractivity contribution < 1.29 is 27.8 Å². The molecule has 0 fully saturated rings. The Balaban J connectivity index is 1.98. The number of nitrogens with zero attached hydrogens (tertiary/aromatic N) is 1. The van der Waals surface area contributed by atoms with E-state index in [-0.39, 0.29) is 35.3 Å². The van der Waals surface area contributed by atoms with E-state index in [0.29, 0.717) is 23.1 Å². The first-order valence-corrected chi connectivity index (χ1v) is 9.33. The summed E-state index contributed by atoms with van der Waals surface area (Å²) >= 11 is 0. The average molecular weight is 403 g/mol. The molecule has 0 aromatic heterocycles. The van der Waals surface area contributed by atoms with Crippen LogP contribution in [-0.4, -0.2) is 37.0 Å². The van der Waals surface area contributed by atoms with Crippen LogP contribution < -0.4 is 9.47 Å². The van der Waals surface area contributed by atoms with Crippen molar-refractivity contribution >= 4 is 11.8 Å². The molecule has 2 aromatic carbocycles. The summed E-state index contributed by atoms with van der Waals surface area (Å²) < 4.78 is 38.4. The van der Waals surface area contributed by atoms with E-state index in [1.807, 2.05) is 6.92 Å². The van der Waals surface area contributed by atoms with Gasteiger partial charge in [-0.1, -0.05) is 19.1 Å². The van der Waals surface area contributed by atoms with Gasteiger partial charge in [0.25, 0.3) is 17.7 Å². The number of amides is 2. The molecule has 0 N–H and O–H groups in total. The number of carbonyl (C=O) groups excluding carboxylic acids is 2. The summed E-state index contributed by atoms with van der Waals surface area (Å²) in [6.45, 7) is 2.66. The predicted octanol–water partition coefficient (Wildman–Crippen LogP) is 4.43. The molecule has 154 valence electrons. The van der Waals surface area contributed by atoms with Crippen LogP contribution in [0.2, 0.25) is 0 Å². The Morgan fingerprint density at radius 3 is 2.00 bits per heavy atom. The molecule has 0 saturated heterocycles. The van der Waals surface area contributed by atoms with Gasteiger partial charge >= 0.3 is 0 Å². The van der Waals surface area contributed by atoms with Crippen LogP contribution in [0.4, 0.5) is 8.78 Å². The SMILES string of the molecule is CCC(Cc1cc(OC)c(C(C)(F)F)cc1OC)N1C(=O)c2ccccc2C1=O. The minimum Gasteiger partial charge on any atom is -0.496 e. The molecule has 29 heavy (non-hydrogen) atoms. The van der Waals surface area contributed by atoms with Crippen molar-refractivity contribution in [1.29, 1.82) is 0 Å². The second-order valence-corrected chi connectivity index (χ2v) is 7.04. The molecular weight excluding hydrogens is 380 g/mol. The first-order valence-electron chi connectivity index (χ1n) is 9.33. The lowest BCUT2D eigenvalue weighted by atomic mass is 9.97. The molecular formula is C22H23F2NO4. The van der Waals surface area contributed by atoms with E-state index >= 15 is 0 Å². The third-order valence-corrected chi connectivity index (χ3v) is 5.19. The van der Waals surface area contributed by atoms with Crippen molar-refractivity contribution in [2.45, 2.75) is 38.7 Å². The van der Waals surface area contributed by atoms with Crippen molar-refractivity contribution in [1.82, 2.24) is 4.90 Å². The molecule has 1 aliphatic heterocycles. The van der Waals surface area contributed by atoms with Crippen LogP contribution in [0, 0.1) is 0 Å². The van der Waals surface area contributed by atoms with Crippen molar-refractivity contribution in [2.75, 3.05) is 14.2 Å². The molecule has 1 heterocycles. The smallest absolute Gasteiger partial charge is 0.274 e. The number of imide groups is 1. The molecule has 1 aliphatic rings. The Morgan fingerprint density at radius 1 is 1.00 bits per heavy atom. The maximum absolute atomic E-state index is 13.9. The Bertz CT molecular complexity index is 917. The highest BCUT2D eigenvalue weighted by Crippen LogP contribution is 2.40. The van der Waals surface area contributed by atoms with E-state index < -0.39 is 12.0 Å². The van der Waals surface area contributed by atoms with Gasteiger partial charge in [-0.15, -0.1) is 0 Å². The van der Waals surface area contributed by atoms with Gasteiger partial charge < -0.3 is 9.47 Å². The van der Waals surface area contributed by atoms with Crippen LogP contribution in [-0.2, 0) is 12.3 Å². The summed E-state index contributed by atoms with van der Waals surface area (Å²) in [6.07, 6.45) is 0.764. The molecule has 3 rings (SSSR count). The number of carbonyl (C=O) groups is 2. The molecule has 2 aromatic rings. The highest BCUT2D eigenvalue weighted by atomic mass is 19.3. The Hall–Kier alpha value is -2.96. The van der Waals surface area contributed by atoms with Gasteiger partial charge in [-0.3, -0.25) is 14.5 Å². The van der Waals surface area contributed by atoms with E-state index in [0.717, 1.165) is 6.92 Å². The van der Waals surface area contributed by atoms with E-state index in [1.165, 1.54) is 31.3 Å². The second kappa shape index (κ2) is 7.81. The topological polar surface area (TPSA) is 55.8 Å². The monoisotopic (exact) mass is 403 g/mol. The molecule has 0 spiro atoms. The van der Waals surface area contributed by atoms with Crippen molar-refractivity contribution in [3.8, 4) is 11.5 Å².